The van der Waals surface area contributed by atoms with Crippen molar-refractivity contribution in [3.63, 3.8) is 0 Å². The first kappa shape index (κ1) is 13.8. The quantitative estimate of drug-likeness (QED) is 0.665. The van der Waals surface area contributed by atoms with E-state index < -0.39 is 10.7 Å². The number of anilines is 1. The molecular formula is C14H19FN2O2. The Balaban J connectivity index is 2.13. The number of rotatable bonds is 3. The van der Waals surface area contributed by atoms with Crippen molar-refractivity contribution in [3.8, 4) is 0 Å². The summed E-state index contributed by atoms with van der Waals surface area (Å²) in [4.78, 5) is 10.4. The van der Waals surface area contributed by atoms with Crippen molar-refractivity contribution in [2.45, 2.75) is 39.2 Å². The molecule has 104 valence electrons. The highest BCUT2D eigenvalue weighted by molar-refractivity contribution is 5.61. The van der Waals surface area contributed by atoms with Gasteiger partial charge in [-0.2, -0.15) is 0 Å². The largest absolute Gasteiger partial charge is 0.377 e. The number of halogens is 1. The maximum atomic E-state index is 13.1. The minimum Gasteiger partial charge on any atom is -0.377 e. The van der Waals surface area contributed by atoms with Crippen LogP contribution in [-0.2, 0) is 0 Å². The van der Waals surface area contributed by atoms with Crippen molar-refractivity contribution in [2.75, 3.05) is 5.32 Å². The highest BCUT2D eigenvalue weighted by Gasteiger charge is 2.26. The molecule has 1 aliphatic rings. The van der Waals surface area contributed by atoms with Gasteiger partial charge in [-0.1, -0.05) is 13.8 Å². The minimum absolute atomic E-state index is 0.189. The summed E-state index contributed by atoms with van der Waals surface area (Å²) in [5.74, 6) is 0.717. The highest BCUT2D eigenvalue weighted by Crippen LogP contribution is 2.33. The molecule has 0 amide bonds. The van der Waals surface area contributed by atoms with Crippen LogP contribution in [0.5, 0.6) is 0 Å². The topological polar surface area (TPSA) is 55.2 Å². The second-order valence-electron chi connectivity index (χ2n) is 5.53. The first-order valence-corrected chi connectivity index (χ1v) is 6.68. The molecule has 5 heteroatoms. The number of nitro benzene ring substituents is 1. The molecule has 0 heterocycles. The van der Waals surface area contributed by atoms with Crippen LogP contribution in [0.25, 0.3) is 0 Å². The van der Waals surface area contributed by atoms with Crippen molar-refractivity contribution >= 4 is 11.4 Å². The third-order valence-corrected chi connectivity index (χ3v) is 4.11. The molecule has 0 saturated heterocycles. The molecular weight excluding hydrogens is 247 g/mol. The molecule has 0 aliphatic heterocycles. The van der Waals surface area contributed by atoms with Gasteiger partial charge in [0.2, 0.25) is 0 Å². The van der Waals surface area contributed by atoms with Crippen molar-refractivity contribution in [1.82, 2.24) is 0 Å². The molecule has 0 spiro atoms. The smallest absolute Gasteiger partial charge is 0.295 e. The first-order chi connectivity index (χ1) is 8.97. The van der Waals surface area contributed by atoms with Crippen LogP contribution in [0.3, 0.4) is 0 Å². The fraction of sp³-hybridized carbons (Fsp3) is 0.571. The maximum Gasteiger partial charge on any atom is 0.295 e. The summed E-state index contributed by atoms with van der Waals surface area (Å²) in [5, 5.41) is 14.1. The Morgan fingerprint density at radius 3 is 2.68 bits per heavy atom. The Kier molecular flexibility index (Phi) is 4.02. The predicted molar refractivity (Wildman–Crippen MR) is 72.6 cm³/mol. The number of nitrogens with one attached hydrogen (secondary N) is 1. The maximum absolute atomic E-state index is 13.1. The third-order valence-electron chi connectivity index (χ3n) is 4.11. The average molecular weight is 266 g/mol. The normalized spacial score (nSPS) is 27.0. The van der Waals surface area contributed by atoms with Crippen molar-refractivity contribution < 1.29 is 9.31 Å². The second-order valence-corrected chi connectivity index (χ2v) is 5.53. The predicted octanol–water partition coefficient (Wildman–Crippen LogP) is 3.97. The molecule has 3 unspecified atom stereocenters. The fourth-order valence-electron chi connectivity index (χ4n) is 2.68. The summed E-state index contributed by atoms with van der Waals surface area (Å²) in [6, 6.07) is 3.91. The van der Waals surface area contributed by atoms with Crippen LogP contribution in [0.4, 0.5) is 15.8 Å². The van der Waals surface area contributed by atoms with E-state index in [0.29, 0.717) is 17.5 Å². The number of hydrogen-bond acceptors (Lipinski definition) is 3. The lowest BCUT2D eigenvalue weighted by Gasteiger charge is -2.32. The van der Waals surface area contributed by atoms with Crippen LogP contribution in [0.1, 0.15) is 33.1 Å². The van der Waals surface area contributed by atoms with Gasteiger partial charge in [0.05, 0.1) is 11.0 Å². The molecule has 0 bridgehead atoms. The highest BCUT2D eigenvalue weighted by atomic mass is 19.1. The number of hydrogen-bond donors (Lipinski definition) is 1. The molecule has 0 aromatic heterocycles. The van der Waals surface area contributed by atoms with Crippen LogP contribution < -0.4 is 5.32 Å². The van der Waals surface area contributed by atoms with Gasteiger partial charge >= 0.3 is 0 Å². The molecule has 3 atom stereocenters. The van der Waals surface area contributed by atoms with E-state index in [1.165, 1.54) is 12.1 Å². The van der Waals surface area contributed by atoms with Crippen LogP contribution in [0.2, 0.25) is 0 Å². The Morgan fingerprint density at radius 2 is 2.05 bits per heavy atom. The zero-order valence-corrected chi connectivity index (χ0v) is 11.2. The summed E-state index contributed by atoms with van der Waals surface area (Å²) in [7, 11) is 0. The first-order valence-electron chi connectivity index (χ1n) is 6.68. The van der Waals surface area contributed by atoms with Gasteiger partial charge < -0.3 is 5.32 Å². The Bertz CT molecular complexity index is 479. The van der Waals surface area contributed by atoms with Crippen LogP contribution >= 0.6 is 0 Å². The molecule has 2 rings (SSSR count). The van der Waals surface area contributed by atoms with E-state index in [4.69, 9.17) is 0 Å². The number of nitro groups is 1. The lowest BCUT2D eigenvalue weighted by atomic mass is 9.79. The van der Waals surface area contributed by atoms with Gasteiger partial charge in [-0.3, -0.25) is 10.1 Å². The molecule has 1 aliphatic carbocycles. The van der Waals surface area contributed by atoms with E-state index in [-0.39, 0.29) is 11.7 Å². The van der Waals surface area contributed by atoms with E-state index in [0.717, 1.165) is 25.3 Å². The minimum atomic E-state index is -0.581. The standard InChI is InChI=1S/C14H19FN2O2/c1-9-3-5-12(7-10(9)2)16-13-6-4-11(15)8-14(13)17(18)19/h4,6,8-10,12,16H,3,5,7H2,1-2H3. The Hall–Kier alpha value is -1.65. The summed E-state index contributed by atoms with van der Waals surface area (Å²) >= 11 is 0. The Morgan fingerprint density at radius 1 is 1.32 bits per heavy atom. The molecule has 19 heavy (non-hydrogen) atoms. The van der Waals surface area contributed by atoms with Crippen molar-refractivity contribution in [1.29, 1.82) is 0 Å². The summed E-state index contributed by atoms with van der Waals surface area (Å²) < 4.78 is 13.1. The summed E-state index contributed by atoms with van der Waals surface area (Å²) in [5.41, 5.74) is 0.226. The van der Waals surface area contributed by atoms with Gasteiger partial charge in [0, 0.05) is 6.04 Å². The lowest BCUT2D eigenvalue weighted by Crippen LogP contribution is -2.30. The number of nitrogens with zero attached hydrogens (tertiary/aromatic N) is 1. The van der Waals surface area contributed by atoms with E-state index in [9.17, 15) is 14.5 Å². The molecule has 1 fully saturated rings. The van der Waals surface area contributed by atoms with Crippen LogP contribution in [0.15, 0.2) is 18.2 Å². The van der Waals surface area contributed by atoms with Gasteiger partial charge in [0.1, 0.15) is 11.5 Å². The molecule has 1 aromatic carbocycles. The van der Waals surface area contributed by atoms with Gasteiger partial charge in [0.15, 0.2) is 0 Å². The van der Waals surface area contributed by atoms with Crippen molar-refractivity contribution in [2.24, 2.45) is 11.8 Å². The lowest BCUT2D eigenvalue weighted by molar-refractivity contribution is -0.384. The van der Waals surface area contributed by atoms with Crippen LogP contribution in [-0.4, -0.2) is 11.0 Å². The monoisotopic (exact) mass is 266 g/mol. The fourth-order valence-corrected chi connectivity index (χ4v) is 2.68. The van der Waals surface area contributed by atoms with E-state index in [1.807, 2.05) is 0 Å². The van der Waals surface area contributed by atoms with Gasteiger partial charge in [-0.25, -0.2) is 4.39 Å². The van der Waals surface area contributed by atoms with E-state index in [1.54, 1.807) is 0 Å². The van der Waals surface area contributed by atoms with Gasteiger partial charge in [-0.05, 0) is 43.2 Å². The summed E-state index contributed by atoms with van der Waals surface area (Å²) in [6.45, 7) is 4.44. The summed E-state index contributed by atoms with van der Waals surface area (Å²) in [6.07, 6.45) is 3.11. The SMILES string of the molecule is CC1CCC(Nc2ccc(F)cc2[N+](=O)[O-])CC1C. The third kappa shape index (κ3) is 3.22. The molecule has 0 radical (unpaired) electrons. The van der Waals surface area contributed by atoms with E-state index in [2.05, 4.69) is 19.2 Å². The zero-order valence-electron chi connectivity index (χ0n) is 11.2. The zero-order chi connectivity index (χ0) is 14.0. The molecule has 1 saturated carbocycles. The van der Waals surface area contributed by atoms with Gasteiger partial charge in [-0.15, -0.1) is 0 Å². The average Bonchev–Trinajstić information content (AvgIpc) is 2.36. The number of benzene rings is 1. The van der Waals surface area contributed by atoms with Crippen molar-refractivity contribution in [3.05, 3.63) is 34.1 Å². The molecule has 4 nitrogen and oxygen atoms in total. The molecule has 1 aromatic rings. The molecule has 1 N–H and O–H groups in total. The second kappa shape index (κ2) is 5.55. The Labute approximate surface area is 112 Å². The van der Waals surface area contributed by atoms with Gasteiger partial charge in [0.25, 0.3) is 5.69 Å². The van der Waals surface area contributed by atoms with Crippen LogP contribution in [0, 0.1) is 27.8 Å². The van der Waals surface area contributed by atoms with E-state index >= 15 is 0 Å².